The standard InChI is InChI=1S/C36H45N3O7/c1-35(2,3)46-34(42)38-20-19-37-32(40)26-44-31-16-10-15-30(23-31)36(43,29-13-8-5-9-14-29)33(41)45-25-28-17-21-39(22-18-28)24-27-11-6-4-7-12-27/h4-16,23,28,43H,17-22,24-26H2,1-3H3,(H,37,40)(H,38,42)/t36-/m0/s1. The minimum Gasteiger partial charge on any atom is -0.484 e. The van der Waals surface area contributed by atoms with Gasteiger partial charge in [0.15, 0.2) is 6.61 Å². The Kier molecular flexibility index (Phi) is 12.2. The maximum absolute atomic E-state index is 13.6. The van der Waals surface area contributed by atoms with E-state index in [1.54, 1.807) is 69.3 Å². The molecule has 1 aliphatic rings. The van der Waals surface area contributed by atoms with Gasteiger partial charge in [0.1, 0.15) is 11.4 Å². The molecule has 1 atom stereocenters. The van der Waals surface area contributed by atoms with Gasteiger partial charge in [-0.3, -0.25) is 9.69 Å². The normalized spacial score (nSPS) is 15.3. The molecule has 246 valence electrons. The average molecular weight is 632 g/mol. The first-order chi connectivity index (χ1) is 22.0. The molecule has 0 spiro atoms. The number of alkyl carbamates (subject to hydrolysis) is 1. The molecule has 0 saturated carbocycles. The number of likely N-dealkylation sites (tertiary alicyclic amines) is 1. The highest BCUT2D eigenvalue weighted by Crippen LogP contribution is 2.33. The predicted octanol–water partition coefficient (Wildman–Crippen LogP) is 4.40. The van der Waals surface area contributed by atoms with E-state index in [1.165, 1.54) is 11.6 Å². The summed E-state index contributed by atoms with van der Waals surface area (Å²) in [7, 11) is 0. The van der Waals surface area contributed by atoms with Crippen molar-refractivity contribution in [2.45, 2.75) is 51.4 Å². The van der Waals surface area contributed by atoms with Crippen molar-refractivity contribution in [3.05, 3.63) is 102 Å². The number of piperidine rings is 1. The van der Waals surface area contributed by atoms with Gasteiger partial charge in [-0.05, 0) is 75.9 Å². The van der Waals surface area contributed by atoms with Gasteiger partial charge in [-0.15, -0.1) is 0 Å². The SMILES string of the molecule is CC(C)(C)OC(=O)NCCNC(=O)COc1cccc([C@](O)(C(=O)OCC2CCN(Cc3ccccc3)CC2)c2ccccc2)c1. The largest absolute Gasteiger partial charge is 0.484 e. The van der Waals surface area contributed by atoms with E-state index in [2.05, 4.69) is 27.7 Å². The number of carbonyl (C=O) groups excluding carboxylic acids is 3. The molecule has 3 N–H and O–H groups in total. The molecule has 3 aromatic rings. The number of hydrogen-bond donors (Lipinski definition) is 3. The van der Waals surface area contributed by atoms with E-state index in [4.69, 9.17) is 14.2 Å². The number of carbonyl (C=O) groups is 3. The number of nitrogens with zero attached hydrogens (tertiary/aromatic N) is 1. The van der Waals surface area contributed by atoms with Crippen molar-refractivity contribution in [2.24, 2.45) is 5.92 Å². The van der Waals surface area contributed by atoms with Gasteiger partial charge in [0, 0.05) is 25.2 Å². The highest BCUT2D eigenvalue weighted by molar-refractivity contribution is 5.85. The van der Waals surface area contributed by atoms with Gasteiger partial charge in [-0.2, -0.15) is 0 Å². The second kappa shape index (κ2) is 16.2. The summed E-state index contributed by atoms with van der Waals surface area (Å²) in [6, 6.07) is 25.5. The summed E-state index contributed by atoms with van der Waals surface area (Å²) in [5.74, 6) is -0.669. The van der Waals surface area contributed by atoms with E-state index in [1.807, 2.05) is 18.2 Å². The zero-order chi connectivity index (χ0) is 33.0. The summed E-state index contributed by atoms with van der Waals surface area (Å²) in [5, 5.41) is 17.2. The maximum atomic E-state index is 13.6. The van der Waals surface area contributed by atoms with Gasteiger partial charge in [0.2, 0.25) is 5.60 Å². The minimum absolute atomic E-state index is 0.188. The second-order valence-electron chi connectivity index (χ2n) is 12.5. The number of esters is 1. The first-order valence-electron chi connectivity index (χ1n) is 15.7. The van der Waals surface area contributed by atoms with Crippen LogP contribution in [0.1, 0.15) is 50.3 Å². The van der Waals surface area contributed by atoms with Crippen LogP contribution in [0.4, 0.5) is 4.79 Å². The first kappa shape index (κ1) is 34.5. The highest BCUT2D eigenvalue weighted by atomic mass is 16.6. The molecule has 2 amide bonds. The van der Waals surface area contributed by atoms with E-state index in [0.29, 0.717) is 11.3 Å². The van der Waals surface area contributed by atoms with Gasteiger partial charge < -0.3 is 30.0 Å². The molecule has 10 heteroatoms. The molecule has 0 unspecified atom stereocenters. The van der Waals surface area contributed by atoms with Crippen LogP contribution < -0.4 is 15.4 Å². The molecule has 1 heterocycles. The summed E-state index contributed by atoms with van der Waals surface area (Å²) in [4.78, 5) is 40.1. The van der Waals surface area contributed by atoms with Gasteiger partial charge >= 0.3 is 12.1 Å². The molecular weight excluding hydrogens is 586 g/mol. The van der Waals surface area contributed by atoms with Crippen molar-refractivity contribution in [2.75, 3.05) is 39.4 Å². The van der Waals surface area contributed by atoms with E-state index in [0.717, 1.165) is 32.5 Å². The Morgan fingerprint density at radius 2 is 1.48 bits per heavy atom. The van der Waals surface area contributed by atoms with E-state index < -0.39 is 29.2 Å². The van der Waals surface area contributed by atoms with Crippen molar-refractivity contribution >= 4 is 18.0 Å². The smallest absolute Gasteiger partial charge is 0.407 e. The Hall–Kier alpha value is -4.41. The maximum Gasteiger partial charge on any atom is 0.407 e. The Labute approximate surface area is 271 Å². The molecular formula is C36H45N3O7. The number of ether oxygens (including phenoxy) is 3. The van der Waals surface area contributed by atoms with Crippen LogP contribution in [-0.4, -0.2) is 73.0 Å². The number of rotatable bonds is 13. The number of benzene rings is 3. The van der Waals surface area contributed by atoms with E-state index in [9.17, 15) is 19.5 Å². The van der Waals surface area contributed by atoms with Gasteiger partial charge in [-0.1, -0.05) is 72.8 Å². The monoisotopic (exact) mass is 631 g/mol. The molecule has 3 aromatic carbocycles. The molecule has 4 rings (SSSR count). The Morgan fingerprint density at radius 3 is 2.15 bits per heavy atom. The zero-order valence-corrected chi connectivity index (χ0v) is 26.9. The summed E-state index contributed by atoms with van der Waals surface area (Å²) in [6.45, 7) is 8.31. The molecule has 1 fully saturated rings. The lowest BCUT2D eigenvalue weighted by Crippen LogP contribution is -2.40. The highest BCUT2D eigenvalue weighted by Gasteiger charge is 2.42. The lowest BCUT2D eigenvalue weighted by atomic mass is 9.86. The van der Waals surface area contributed by atoms with Crippen LogP contribution in [0.25, 0.3) is 0 Å². The van der Waals surface area contributed by atoms with Gasteiger partial charge in [0.25, 0.3) is 5.91 Å². The quantitative estimate of drug-likeness (QED) is 0.187. The topological polar surface area (TPSA) is 126 Å². The third kappa shape index (κ3) is 10.3. The van der Waals surface area contributed by atoms with Crippen molar-refractivity contribution in [3.63, 3.8) is 0 Å². The van der Waals surface area contributed by atoms with Crippen molar-refractivity contribution < 1.29 is 33.7 Å². The molecule has 0 aromatic heterocycles. The Morgan fingerprint density at radius 1 is 0.848 bits per heavy atom. The fourth-order valence-electron chi connectivity index (χ4n) is 5.22. The fraction of sp³-hybridized carbons (Fsp3) is 0.417. The predicted molar refractivity (Wildman–Crippen MR) is 174 cm³/mol. The summed E-state index contributed by atoms with van der Waals surface area (Å²) < 4.78 is 16.6. The van der Waals surface area contributed by atoms with Gasteiger partial charge in [0.05, 0.1) is 6.61 Å². The molecule has 46 heavy (non-hydrogen) atoms. The van der Waals surface area contributed by atoms with Crippen LogP contribution >= 0.6 is 0 Å². The molecule has 0 aliphatic carbocycles. The van der Waals surface area contributed by atoms with Crippen LogP contribution in [0.3, 0.4) is 0 Å². The van der Waals surface area contributed by atoms with Crippen LogP contribution in [0.2, 0.25) is 0 Å². The number of nitrogens with one attached hydrogen (secondary N) is 2. The van der Waals surface area contributed by atoms with Crippen LogP contribution in [0, 0.1) is 5.92 Å². The third-order valence-electron chi connectivity index (χ3n) is 7.63. The molecule has 1 saturated heterocycles. The lowest BCUT2D eigenvalue weighted by molar-refractivity contribution is -0.164. The van der Waals surface area contributed by atoms with Crippen LogP contribution in [0.5, 0.6) is 5.75 Å². The first-order valence-corrected chi connectivity index (χ1v) is 15.7. The van der Waals surface area contributed by atoms with Crippen molar-refractivity contribution in [1.29, 1.82) is 0 Å². The van der Waals surface area contributed by atoms with Crippen molar-refractivity contribution in [1.82, 2.24) is 15.5 Å². The van der Waals surface area contributed by atoms with E-state index in [-0.39, 0.29) is 37.8 Å². The summed E-state index contributed by atoms with van der Waals surface area (Å²) in [6.07, 6.45) is 1.22. The number of hydrogen-bond acceptors (Lipinski definition) is 8. The third-order valence-corrected chi connectivity index (χ3v) is 7.63. The molecule has 10 nitrogen and oxygen atoms in total. The minimum atomic E-state index is -2.08. The Balaban J connectivity index is 1.31. The fourth-order valence-corrected chi connectivity index (χ4v) is 5.22. The molecule has 0 bridgehead atoms. The zero-order valence-electron chi connectivity index (χ0n) is 26.9. The number of amides is 2. The van der Waals surface area contributed by atoms with Crippen LogP contribution in [-0.2, 0) is 31.2 Å². The average Bonchev–Trinajstić information content (AvgIpc) is 3.05. The Bertz CT molecular complexity index is 1420. The number of aliphatic hydroxyl groups is 1. The van der Waals surface area contributed by atoms with E-state index >= 15 is 0 Å². The second-order valence-corrected chi connectivity index (χ2v) is 12.5. The molecule has 1 aliphatic heterocycles. The van der Waals surface area contributed by atoms with Crippen molar-refractivity contribution in [3.8, 4) is 5.75 Å². The van der Waals surface area contributed by atoms with Crippen LogP contribution in [0.15, 0.2) is 84.9 Å². The van der Waals surface area contributed by atoms with Gasteiger partial charge in [-0.25, -0.2) is 9.59 Å². The molecule has 0 radical (unpaired) electrons. The summed E-state index contributed by atoms with van der Waals surface area (Å²) >= 11 is 0. The summed E-state index contributed by atoms with van der Waals surface area (Å²) in [5.41, 5.74) is -0.782. The lowest BCUT2D eigenvalue weighted by Gasteiger charge is -2.33.